The van der Waals surface area contributed by atoms with Gasteiger partial charge in [-0.05, 0) is 46.4 Å². The van der Waals surface area contributed by atoms with Gasteiger partial charge in [-0.2, -0.15) is 0 Å². The first-order valence-electron chi connectivity index (χ1n) is 8.18. The highest BCUT2D eigenvalue weighted by Crippen LogP contribution is 2.39. The number of hydrogen-bond donors (Lipinski definition) is 1. The van der Waals surface area contributed by atoms with E-state index in [4.69, 9.17) is 10.5 Å². The third kappa shape index (κ3) is 2.93. The molecular formula is C20H26N2O. The maximum absolute atomic E-state index is 6.13. The summed E-state index contributed by atoms with van der Waals surface area (Å²) in [5, 5.41) is 0. The van der Waals surface area contributed by atoms with Crippen molar-refractivity contribution in [2.45, 2.75) is 38.8 Å². The first-order valence-corrected chi connectivity index (χ1v) is 8.18. The van der Waals surface area contributed by atoms with Crippen LogP contribution < -0.4 is 15.4 Å². The van der Waals surface area contributed by atoms with Gasteiger partial charge in [-0.25, -0.2) is 0 Å². The van der Waals surface area contributed by atoms with Gasteiger partial charge in [0.2, 0.25) is 0 Å². The van der Waals surface area contributed by atoms with Crippen molar-refractivity contribution in [2.24, 2.45) is 5.73 Å². The molecule has 2 aromatic carbocycles. The average Bonchev–Trinajstić information content (AvgIpc) is 2.91. The van der Waals surface area contributed by atoms with Crippen LogP contribution in [0.3, 0.4) is 0 Å². The zero-order chi connectivity index (χ0) is 16.6. The van der Waals surface area contributed by atoms with E-state index < -0.39 is 0 Å². The molecule has 0 aliphatic carbocycles. The Labute approximate surface area is 139 Å². The van der Waals surface area contributed by atoms with E-state index in [-0.39, 0.29) is 11.5 Å². The van der Waals surface area contributed by atoms with Gasteiger partial charge in [-0.1, -0.05) is 39.0 Å². The third-order valence-corrected chi connectivity index (χ3v) is 4.72. The van der Waals surface area contributed by atoms with Gasteiger partial charge in [-0.3, -0.25) is 0 Å². The largest absolute Gasteiger partial charge is 0.497 e. The van der Waals surface area contributed by atoms with Gasteiger partial charge >= 0.3 is 0 Å². The molecule has 0 saturated carbocycles. The van der Waals surface area contributed by atoms with E-state index in [9.17, 15) is 0 Å². The predicted octanol–water partition coefficient (Wildman–Crippen LogP) is 4.01. The summed E-state index contributed by atoms with van der Waals surface area (Å²) in [7, 11) is 1.69. The van der Waals surface area contributed by atoms with Crippen LogP contribution in [-0.4, -0.2) is 13.7 Å². The average molecular weight is 310 g/mol. The van der Waals surface area contributed by atoms with Gasteiger partial charge < -0.3 is 15.4 Å². The smallest absolute Gasteiger partial charge is 0.119 e. The van der Waals surface area contributed by atoms with Gasteiger partial charge in [-0.15, -0.1) is 0 Å². The van der Waals surface area contributed by atoms with Crippen LogP contribution >= 0.6 is 0 Å². The summed E-state index contributed by atoms with van der Waals surface area (Å²) in [5.41, 5.74) is 11.6. The van der Waals surface area contributed by atoms with E-state index in [2.05, 4.69) is 56.0 Å². The third-order valence-electron chi connectivity index (χ3n) is 4.72. The predicted molar refractivity (Wildman–Crippen MR) is 96.1 cm³/mol. The first-order chi connectivity index (χ1) is 10.9. The second-order valence-corrected chi connectivity index (χ2v) is 7.24. The summed E-state index contributed by atoms with van der Waals surface area (Å²) in [6.07, 6.45) is 0. The molecule has 1 heterocycles. The fourth-order valence-electron chi connectivity index (χ4n) is 3.28. The number of fused-ring (bicyclic) bond motifs is 1. The molecule has 0 aromatic heterocycles. The molecular weight excluding hydrogens is 284 g/mol. The molecule has 0 radical (unpaired) electrons. The number of anilines is 1. The zero-order valence-electron chi connectivity index (χ0n) is 14.5. The van der Waals surface area contributed by atoms with Crippen LogP contribution in [0.2, 0.25) is 0 Å². The van der Waals surface area contributed by atoms with Crippen molar-refractivity contribution in [3.63, 3.8) is 0 Å². The van der Waals surface area contributed by atoms with E-state index in [0.29, 0.717) is 6.54 Å². The molecule has 23 heavy (non-hydrogen) atoms. The number of benzene rings is 2. The molecule has 122 valence electrons. The number of rotatable bonds is 3. The van der Waals surface area contributed by atoms with Gasteiger partial charge in [0.05, 0.1) is 13.2 Å². The number of nitrogens with two attached hydrogens (primary N) is 1. The van der Waals surface area contributed by atoms with Gasteiger partial charge in [0.25, 0.3) is 0 Å². The van der Waals surface area contributed by atoms with Crippen molar-refractivity contribution in [3.05, 3.63) is 59.2 Å². The number of ether oxygens (including phenoxy) is 1. The van der Waals surface area contributed by atoms with Crippen LogP contribution in [0.25, 0.3) is 0 Å². The maximum Gasteiger partial charge on any atom is 0.119 e. The summed E-state index contributed by atoms with van der Waals surface area (Å²) < 4.78 is 5.26. The van der Waals surface area contributed by atoms with Crippen molar-refractivity contribution in [3.8, 4) is 5.75 Å². The zero-order valence-corrected chi connectivity index (χ0v) is 14.5. The van der Waals surface area contributed by atoms with Crippen LogP contribution in [-0.2, 0) is 12.0 Å². The molecule has 1 aliphatic rings. The summed E-state index contributed by atoms with van der Waals surface area (Å²) in [6.45, 7) is 8.29. The molecule has 1 unspecified atom stereocenters. The monoisotopic (exact) mass is 310 g/mol. The van der Waals surface area contributed by atoms with E-state index in [1.54, 1.807) is 7.11 Å². The minimum Gasteiger partial charge on any atom is -0.497 e. The van der Waals surface area contributed by atoms with Crippen LogP contribution in [0.15, 0.2) is 42.5 Å². The van der Waals surface area contributed by atoms with Crippen LogP contribution in [0, 0.1) is 0 Å². The highest BCUT2D eigenvalue weighted by molar-refractivity contribution is 5.57. The van der Waals surface area contributed by atoms with Crippen molar-refractivity contribution in [1.29, 1.82) is 0 Å². The Morgan fingerprint density at radius 1 is 1.13 bits per heavy atom. The number of methoxy groups -OCH3 is 1. The van der Waals surface area contributed by atoms with Gasteiger partial charge in [0, 0.05) is 18.8 Å². The first kappa shape index (κ1) is 15.9. The summed E-state index contributed by atoms with van der Waals surface area (Å²) in [5.74, 6) is 0.879. The van der Waals surface area contributed by atoms with Crippen molar-refractivity contribution < 1.29 is 4.74 Å². The normalized spacial score (nSPS) is 17.3. The van der Waals surface area contributed by atoms with E-state index in [0.717, 1.165) is 12.3 Å². The minimum atomic E-state index is 0.154. The van der Waals surface area contributed by atoms with E-state index >= 15 is 0 Å². The maximum atomic E-state index is 6.13. The lowest BCUT2D eigenvalue weighted by Crippen LogP contribution is -2.27. The molecule has 0 spiro atoms. The molecule has 0 saturated heterocycles. The van der Waals surface area contributed by atoms with Crippen LogP contribution in [0.5, 0.6) is 5.75 Å². The molecule has 3 heteroatoms. The lowest BCUT2D eigenvalue weighted by atomic mass is 9.85. The summed E-state index contributed by atoms with van der Waals surface area (Å²) in [4.78, 5) is 2.39. The lowest BCUT2D eigenvalue weighted by Gasteiger charge is -2.27. The number of nitrogens with zero attached hydrogens (tertiary/aromatic N) is 1. The minimum absolute atomic E-state index is 0.154. The summed E-state index contributed by atoms with van der Waals surface area (Å²) >= 11 is 0. The molecule has 0 fully saturated rings. The highest BCUT2D eigenvalue weighted by atomic mass is 16.5. The second kappa shape index (κ2) is 5.89. The number of hydrogen-bond acceptors (Lipinski definition) is 3. The summed E-state index contributed by atoms with van der Waals surface area (Å²) in [6, 6.07) is 15.3. The van der Waals surface area contributed by atoms with Crippen molar-refractivity contribution in [1.82, 2.24) is 0 Å². The molecule has 2 aromatic rings. The molecule has 2 N–H and O–H groups in total. The quantitative estimate of drug-likeness (QED) is 0.931. The fourth-order valence-corrected chi connectivity index (χ4v) is 3.28. The Hall–Kier alpha value is -2.00. The topological polar surface area (TPSA) is 38.5 Å². The van der Waals surface area contributed by atoms with Gasteiger partial charge in [0.1, 0.15) is 5.75 Å². The molecule has 0 amide bonds. The molecule has 3 rings (SSSR count). The van der Waals surface area contributed by atoms with Crippen molar-refractivity contribution in [2.75, 3.05) is 18.6 Å². The molecule has 3 nitrogen and oxygen atoms in total. The molecule has 0 bridgehead atoms. The highest BCUT2D eigenvalue weighted by Gasteiger charge is 2.30. The van der Waals surface area contributed by atoms with Crippen molar-refractivity contribution >= 4 is 5.69 Å². The Bertz CT molecular complexity index is 686. The van der Waals surface area contributed by atoms with Crippen LogP contribution in [0.1, 0.15) is 43.5 Å². The standard InChI is InChI=1S/C20H26N2O/c1-20(2,3)15-6-5-14-13-22(19(12-21)18(14)11-15)16-7-9-17(23-4)10-8-16/h5-11,19H,12-13,21H2,1-4H3. The Morgan fingerprint density at radius 3 is 2.39 bits per heavy atom. The van der Waals surface area contributed by atoms with Crippen LogP contribution in [0.4, 0.5) is 5.69 Å². The molecule has 1 atom stereocenters. The SMILES string of the molecule is COc1ccc(N2Cc3ccc(C(C)(C)C)cc3C2CN)cc1. The van der Waals surface area contributed by atoms with E-state index in [1.165, 1.54) is 22.4 Å². The van der Waals surface area contributed by atoms with E-state index in [1.807, 2.05) is 12.1 Å². The Balaban J connectivity index is 1.96. The Kier molecular flexibility index (Phi) is 4.07. The second-order valence-electron chi connectivity index (χ2n) is 7.24. The fraction of sp³-hybridized carbons (Fsp3) is 0.400. The Morgan fingerprint density at radius 2 is 1.83 bits per heavy atom. The van der Waals surface area contributed by atoms with Gasteiger partial charge in [0.15, 0.2) is 0 Å². The molecule has 1 aliphatic heterocycles. The lowest BCUT2D eigenvalue weighted by molar-refractivity contribution is 0.415.